The first-order valence-electron chi connectivity index (χ1n) is 9.86. The van der Waals surface area contributed by atoms with E-state index in [1.165, 1.54) is 44.9 Å². The van der Waals surface area contributed by atoms with Gasteiger partial charge in [0.25, 0.3) is 0 Å². The van der Waals surface area contributed by atoms with Gasteiger partial charge in [0.1, 0.15) is 12.7 Å². The molecule has 0 radical (unpaired) electrons. The van der Waals surface area contributed by atoms with E-state index in [2.05, 4.69) is 26.0 Å². The molecule has 0 unspecified atom stereocenters. The average Bonchev–Trinajstić information content (AvgIpc) is 2.58. The number of esters is 1. The van der Waals surface area contributed by atoms with Crippen molar-refractivity contribution in [2.75, 3.05) is 6.61 Å². The fourth-order valence-corrected chi connectivity index (χ4v) is 2.40. The minimum atomic E-state index is -0.702. The van der Waals surface area contributed by atoms with Crippen molar-refractivity contribution >= 4 is 5.97 Å². The van der Waals surface area contributed by atoms with E-state index in [9.17, 15) is 9.90 Å². The van der Waals surface area contributed by atoms with Crippen LogP contribution in [0.25, 0.3) is 0 Å². The van der Waals surface area contributed by atoms with E-state index in [-0.39, 0.29) is 12.6 Å². The van der Waals surface area contributed by atoms with Crippen LogP contribution >= 0.6 is 0 Å². The maximum atomic E-state index is 11.6. The van der Waals surface area contributed by atoms with Crippen molar-refractivity contribution < 1.29 is 14.6 Å². The first-order valence-corrected chi connectivity index (χ1v) is 9.86. The summed E-state index contributed by atoms with van der Waals surface area (Å²) in [5.41, 5.74) is 0. The third-order valence-electron chi connectivity index (χ3n) is 3.92. The molecule has 3 heteroatoms. The number of aliphatic hydroxyl groups excluding tert-OH is 1. The summed E-state index contributed by atoms with van der Waals surface area (Å²) in [4.78, 5) is 11.6. The third-order valence-corrected chi connectivity index (χ3v) is 3.92. The van der Waals surface area contributed by atoms with Gasteiger partial charge in [0.15, 0.2) is 0 Å². The van der Waals surface area contributed by atoms with Crippen LogP contribution in [0.5, 0.6) is 0 Å². The molecule has 0 saturated carbocycles. The number of carbonyl (C=O) groups is 1. The Morgan fingerprint density at radius 3 is 2.33 bits per heavy atom. The average molecular weight is 339 g/mol. The Morgan fingerprint density at radius 2 is 1.58 bits per heavy atom. The lowest BCUT2D eigenvalue weighted by Gasteiger charge is -2.07. The molecule has 0 fully saturated rings. The Hall–Kier alpha value is -1.09. The van der Waals surface area contributed by atoms with Crippen LogP contribution in [0.3, 0.4) is 0 Å². The highest BCUT2D eigenvalue weighted by molar-refractivity contribution is 5.69. The normalized spacial score (nSPS) is 13.0. The standard InChI is InChI=1S/C21H38O3/c1-3-5-7-9-11-12-13-15-17-20(22)19-24-21(23)18-16-14-10-8-6-4-2/h11-12,15,17,20,22H,3-10,13-14,16,18-19H2,1-2H3/b12-11+,17-15+/t20-/m1/s1. The number of hydrogen-bond acceptors (Lipinski definition) is 3. The Morgan fingerprint density at radius 1 is 0.917 bits per heavy atom. The lowest BCUT2D eigenvalue weighted by Crippen LogP contribution is -2.16. The van der Waals surface area contributed by atoms with Gasteiger partial charge in [-0.2, -0.15) is 0 Å². The zero-order valence-corrected chi connectivity index (χ0v) is 15.8. The number of ether oxygens (including phenoxy) is 1. The van der Waals surface area contributed by atoms with Crippen LogP contribution in [0.1, 0.15) is 90.9 Å². The van der Waals surface area contributed by atoms with Crippen LogP contribution < -0.4 is 0 Å². The number of hydrogen-bond donors (Lipinski definition) is 1. The molecule has 0 aromatic carbocycles. The van der Waals surface area contributed by atoms with Gasteiger partial charge in [-0.05, 0) is 25.7 Å². The number of allylic oxidation sites excluding steroid dienone is 3. The molecule has 0 amide bonds. The van der Waals surface area contributed by atoms with Gasteiger partial charge >= 0.3 is 5.97 Å². The van der Waals surface area contributed by atoms with Crippen LogP contribution in [0.15, 0.2) is 24.3 Å². The maximum absolute atomic E-state index is 11.6. The molecular formula is C21H38O3. The van der Waals surface area contributed by atoms with Gasteiger partial charge in [-0.3, -0.25) is 4.79 Å². The predicted octanol–water partition coefficient (Wildman–Crippen LogP) is 5.72. The predicted molar refractivity (Wildman–Crippen MR) is 102 cm³/mol. The molecule has 0 saturated heterocycles. The summed E-state index contributed by atoms with van der Waals surface area (Å²) >= 11 is 0. The van der Waals surface area contributed by atoms with E-state index >= 15 is 0 Å². The topological polar surface area (TPSA) is 46.5 Å². The first kappa shape index (κ1) is 22.9. The highest BCUT2D eigenvalue weighted by Crippen LogP contribution is 2.07. The fourth-order valence-electron chi connectivity index (χ4n) is 2.40. The van der Waals surface area contributed by atoms with Crippen molar-refractivity contribution in [2.24, 2.45) is 0 Å². The van der Waals surface area contributed by atoms with Gasteiger partial charge in [0, 0.05) is 6.42 Å². The maximum Gasteiger partial charge on any atom is 0.305 e. The number of unbranched alkanes of at least 4 members (excludes halogenated alkanes) is 8. The summed E-state index contributed by atoms with van der Waals surface area (Å²) in [5.74, 6) is -0.200. The molecule has 140 valence electrons. The minimum absolute atomic E-state index is 0.0609. The quantitative estimate of drug-likeness (QED) is 0.222. The second kappa shape index (κ2) is 18.3. The summed E-state index contributed by atoms with van der Waals surface area (Å²) in [7, 11) is 0. The molecule has 0 aliphatic carbocycles. The SMILES string of the molecule is CCCCC/C=C/C/C=C/[C@@H](O)COC(=O)CCCCCCCC. The molecule has 0 aliphatic heterocycles. The molecule has 0 rings (SSSR count). The summed E-state index contributed by atoms with van der Waals surface area (Å²) in [6, 6.07) is 0. The van der Waals surface area contributed by atoms with E-state index in [0.29, 0.717) is 6.42 Å². The van der Waals surface area contributed by atoms with Gasteiger partial charge in [0.2, 0.25) is 0 Å². The van der Waals surface area contributed by atoms with E-state index < -0.39 is 6.10 Å². The van der Waals surface area contributed by atoms with Crippen LogP contribution in [0.2, 0.25) is 0 Å². The fraction of sp³-hybridized carbons (Fsp3) is 0.762. The Kier molecular flexibility index (Phi) is 17.4. The largest absolute Gasteiger partial charge is 0.463 e. The van der Waals surface area contributed by atoms with E-state index in [4.69, 9.17) is 4.74 Å². The van der Waals surface area contributed by atoms with Crippen molar-refractivity contribution in [2.45, 2.75) is 97.0 Å². The van der Waals surface area contributed by atoms with Crippen LogP contribution in [-0.2, 0) is 9.53 Å². The summed E-state index contributed by atoms with van der Waals surface area (Å²) < 4.78 is 5.10. The van der Waals surface area contributed by atoms with Crippen molar-refractivity contribution in [3.8, 4) is 0 Å². The highest BCUT2D eigenvalue weighted by Gasteiger charge is 2.05. The lowest BCUT2D eigenvalue weighted by atomic mass is 10.1. The molecule has 3 nitrogen and oxygen atoms in total. The van der Waals surface area contributed by atoms with E-state index in [1.807, 2.05) is 6.08 Å². The Balaban J connectivity index is 3.53. The van der Waals surface area contributed by atoms with Crippen molar-refractivity contribution in [3.63, 3.8) is 0 Å². The van der Waals surface area contributed by atoms with Gasteiger partial charge < -0.3 is 9.84 Å². The first-order chi connectivity index (χ1) is 11.7. The van der Waals surface area contributed by atoms with Crippen molar-refractivity contribution in [3.05, 3.63) is 24.3 Å². The van der Waals surface area contributed by atoms with Crippen molar-refractivity contribution in [1.29, 1.82) is 0 Å². The van der Waals surface area contributed by atoms with Gasteiger partial charge in [0.05, 0.1) is 0 Å². The second-order valence-corrected chi connectivity index (χ2v) is 6.40. The summed E-state index contributed by atoms with van der Waals surface area (Å²) in [6.07, 6.45) is 20.3. The van der Waals surface area contributed by atoms with Gasteiger partial charge in [-0.15, -0.1) is 0 Å². The molecule has 0 bridgehead atoms. The summed E-state index contributed by atoms with van der Waals surface area (Å²) in [6.45, 7) is 4.46. The smallest absolute Gasteiger partial charge is 0.305 e. The highest BCUT2D eigenvalue weighted by atomic mass is 16.5. The number of carbonyl (C=O) groups excluding carboxylic acids is 1. The molecule has 0 aliphatic rings. The molecule has 0 spiro atoms. The molecular weight excluding hydrogens is 300 g/mol. The second-order valence-electron chi connectivity index (χ2n) is 6.40. The molecule has 0 aromatic rings. The molecule has 24 heavy (non-hydrogen) atoms. The molecule has 1 atom stereocenters. The number of rotatable bonds is 16. The van der Waals surface area contributed by atoms with Gasteiger partial charge in [-0.25, -0.2) is 0 Å². The van der Waals surface area contributed by atoms with Crippen LogP contribution in [-0.4, -0.2) is 23.8 Å². The van der Waals surface area contributed by atoms with E-state index in [0.717, 1.165) is 25.7 Å². The van der Waals surface area contributed by atoms with E-state index in [1.54, 1.807) is 6.08 Å². The van der Waals surface area contributed by atoms with Crippen LogP contribution in [0, 0.1) is 0 Å². The minimum Gasteiger partial charge on any atom is -0.463 e. The van der Waals surface area contributed by atoms with Crippen molar-refractivity contribution in [1.82, 2.24) is 0 Å². The molecule has 0 heterocycles. The molecule has 0 aromatic heterocycles. The monoisotopic (exact) mass is 338 g/mol. The third kappa shape index (κ3) is 17.3. The van der Waals surface area contributed by atoms with Crippen LogP contribution in [0.4, 0.5) is 0 Å². The number of aliphatic hydroxyl groups is 1. The Bertz CT molecular complexity index is 334. The van der Waals surface area contributed by atoms with Gasteiger partial charge in [-0.1, -0.05) is 83.1 Å². The lowest BCUT2D eigenvalue weighted by molar-refractivity contribution is -0.145. The zero-order chi connectivity index (χ0) is 17.9. The zero-order valence-electron chi connectivity index (χ0n) is 15.8. The molecule has 1 N–H and O–H groups in total. The summed E-state index contributed by atoms with van der Waals surface area (Å²) in [5, 5.41) is 9.75. The Labute approximate surface area is 149 Å².